The van der Waals surface area contributed by atoms with Crippen molar-refractivity contribution in [2.24, 2.45) is 0 Å². The third-order valence-corrected chi connectivity index (χ3v) is 2.62. The zero-order valence-corrected chi connectivity index (χ0v) is 10.9. The molecule has 9 heteroatoms. The van der Waals surface area contributed by atoms with E-state index in [0.717, 1.165) is 18.2 Å². The SMILES string of the molecule is CCOc1cc([N+](=O)[O-])cc(/C=C2/NC(=O)NC2=O)c1O. The van der Waals surface area contributed by atoms with Gasteiger partial charge in [-0.15, -0.1) is 0 Å². The van der Waals surface area contributed by atoms with E-state index >= 15 is 0 Å². The van der Waals surface area contributed by atoms with Crippen molar-refractivity contribution in [3.05, 3.63) is 33.5 Å². The molecular weight excluding hydrogens is 282 g/mol. The van der Waals surface area contributed by atoms with Crippen molar-refractivity contribution in [2.45, 2.75) is 6.92 Å². The predicted octanol–water partition coefficient (Wildman–Crippen LogP) is 0.879. The first-order chi connectivity index (χ1) is 9.92. The summed E-state index contributed by atoms with van der Waals surface area (Å²) in [5, 5.41) is 25.1. The van der Waals surface area contributed by atoms with Gasteiger partial charge in [0, 0.05) is 11.6 Å². The maximum atomic E-state index is 11.4. The van der Waals surface area contributed by atoms with Crippen molar-refractivity contribution >= 4 is 23.7 Å². The molecule has 1 aromatic carbocycles. The highest BCUT2D eigenvalue weighted by molar-refractivity contribution is 6.14. The fraction of sp³-hybridized carbons (Fsp3) is 0.167. The number of aromatic hydroxyl groups is 1. The highest BCUT2D eigenvalue weighted by Gasteiger charge is 2.24. The Morgan fingerprint density at radius 2 is 2.10 bits per heavy atom. The molecule has 1 aliphatic heterocycles. The second-order valence-electron chi connectivity index (χ2n) is 4.04. The molecule has 0 radical (unpaired) electrons. The Morgan fingerprint density at radius 3 is 2.62 bits per heavy atom. The number of carbonyl (C=O) groups excluding carboxylic acids is 2. The molecule has 21 heavy (non-hydrogen) atoms. The van der Waals surface area contributed by atoms with Crippen molar-refractivity contribution in [3.8, 4) is 11.5 Å². The van der Waals surface area contributed by atoms with Gasteiger partial charge in [-0.3, -0.25) is 20.2 Å². The third-order valence-electron chi connectivity index (χ3n) is 2.62. The molecule has 1 aromatic rings. The molecule has 1 aliphatic rings. The number of hydrogen-bond acceptors (Lipinski definition) is 6. The van der Waals surface area contributed by atoms with Crippen LogP contribution >= 0.6 is 0 Å². The number of non-ortho nitro benzene ring substituents is 1. The van der Waals surface area contributed by atoms with E-state index in [9.17, 15) is 24.8 Å². The van der Waals surface area contributed by atoms with Crippen LogP contribution in [-0.2, 0) is 4.79 Å². The van der Waals surface area contributed by atoms with Gasteiger partial charge in [0.1, 0.15) is 5.70 Å². The van der Waals surface area contributed by atoms with Crippen molar-refractivity contribution in [2.75, 3.05) is 6.61 Å². The van der Waals surface area contributed by atoms with Gasteiger partial charge < -0.3 is 15.2 Å². The molecule has 3 amide bonds. The van der Waals surface area contributed by atoms with Gasteiger partial charge in [0.2, 0.25) is 0 Å². The lowest BCUT2D eigenvalue weighted by Gasteiger charge is -2.08. The topological polar surface area (TPSA) is 131 Å². The van der Waals surface area contributed by atoms with Gasteiger partial charge in [-0.05, 0) is 13.0 Å². The van der Waals surface area contributed by atoms with Crippen LogP contribution in [0, 0.1) is 10.1 Å². The molecule has 1 heterocycles. The van der Waals surface area contributed by atoms with Crippen LogP contribution in [-0.4, -0.2) is 28.6 Å². The maximum Gasteiger partial charge on any atom is 0.326 e. The van der Waals surface area contributed by atoms with Crippen molar-refractivity contribution in [1.29, 1.82) is 0 Å². The Hall–Kier alpha value is -3.10. The predicted molar refractivity (Wildman–Crippen MR) is 70.6 cm³/mol. The van der Waals surface area contributed by atoms with E-state index in [1.165, 1.54) is 0 Å². The molecule has 0 bridgehead atoms. The average Bonchev–Trinajstić information content (AvgIpc) is 2.72. The van der Waals surface area contributed by atoms with Crippen LogP contribution < -0.4 is 15.4 Å². The fourth-order valence-electron chi connectivity index (χ4n) is 1.73. The Kier molecular flexibility index (Phi) is 3.74. The standard InChI is InChI=1S/C12H11N3O6/c1-2-21-9-5-7(15(19)20)3-6(10(9)16)4-8-11(17)14-12(18)13-8/h3-5,16H,2H2,1H3,(H2,13,14,17,18)/b8-4+. The lowest BCUT2D eigenvalue weighted by atomic mass is 10.1. The molecule has 0 atom stereocenters. The van der Waals surface area contributed by atoms with Crippen LogP contribution in [0.1, 0.15) is 12.5 Å². The Labute approximate surface area is 118 Å². The molecule has 1 fully saturated rings. The molecular formula is C12H11N3O6. The zero-order chi connectivity index (χ0) is 15.6. The largest absolute Gasteiger partial charge is 0.504 e. The summed E-state index contributed by atoms with van der Waals surface area (Å²) in [5.41, 5.74) is -0.453. The number of nitro groups is 1. The smallest absolute Gasteiger partial charge is 0.326 e. The van der Waals surface area contributed by atoms with Crippen LogP contribution in [0.2, 0.25) is 0 Å². The first kappa shape index (κ1) is 14.3. The van der Waals surface area contributed by atoms with E-state index < -0.39 is 16.9 Å². The summed E-state index contributed by atoms with van der Waals surface area (Å²) in [6, 6.07) is 1.44. The van der Waals surface area contributed by atoms with Crippen molar-refractivity contribution in [3.63, 3.8) is 0 Å². The van der Waals surface area contributed by atoms with E-state index in [0.29, 0.717) is 0 Å². The number of hydrogen-bond donors (Lipinski definition) is 3. The minimum atomic E-state index is -0.707. The highest BCUT2D eigenvalue weighted by Crippen LogP contribution is 2.36. The molecule has 110 valence electrons. The first-order valence-electron chi connectivity index (χ1n) is 5.90. The minimum Gasteiger partial charge on any atom is -0.504 e. The number of nitro benzene ring substituents is 1. The van der Waals surface area contributed by atoms with Crippen molar-refractivity contribution in [1.82, 2.24) is 10.6 Å². The maximum absolute atomic E-state index is 11.4. The number of benzene rings is 1. The number of nitrogens with one attached hydrogen (secondary N) is 2. The molecule has 3 N–H and O–H groups in total. The van der Waals surface area contributed by atoms with E-state index in [4.69, 9.17) is 4.74 Å². The molecule has 0 unspecified atom stereocenters. The van der Waals surface area contributed by atoms with E-state index in [1.807, 2.05) is 5.32 Å². The fourth-order valence-corrected chi connectivity index (χ4v) is 1.73. The van der Waals surface area contributed by atoms with E-state index in [2.05, 4.69) is 5.32 Å². The van der Waals surface area contributed by atoms with Gasteiger partial charge in [-0.25, -0.2) is 4.79 Å². The molecule has 0 spiro atoms. The highest BCUT2D eigenvalue weighted by atomic mass is 16.6. The van der Waals surface area contributed by atoms with Gasteiger partial charge in [0.15, 0.2) is 11.5 Å². The first-order valence-corrected chi connectivity index (χ1v) is 5.90. The summed E-state index contributed by atoms with van der Waals surface area (Å²) in [6.45, 7) is 1.85. The monoisotopic (exact) mass is 293 g/mol. The van der Waals surface area contributed by atoms with Gasteiger partial charge in [-0.1, -0.05) is 0 Å². The molecule has 2 rings (SSSR count). The average molecular weight is 293 g/mol. The van der Waals surface area contributed by atoms with Gasteiger partial charge >= 0.3 is 6.03 Å². The van der Waals surface area contributed by atoms with Crippen LogP contribution in [0.5, 0.6) is 11.5 Å². The summed E-state index contributed by atoms with van der Waals surface area (Å²) in [4.78, 5) is 32.6. The number of amides is 3. The Morgan fingerprint density at radius 1 is 1.38 bits per heavy atom. The van der Waals surface area contributed by atoms with Gasteiger partial charge in [0.25, 0.3) is 11.6 Å². The van der Waals surface area contributed by atoms with Crippen LogP contribution in [0.3, 0.4) is 0 Å². The molecule has 1 saturated heterocycles. The number of nitrogens with zero attached hydrogens (tertiary/aromatic N) is 1. The van der Waals surface area contributed by atoms with E-state index in [1.54, 1.807) is 6.92 Å². The second-order valence-corrected chi connectivity index (χ2v) is 4.04. The third kappa shape index (κ3) is 2.91. The summed E-state index contributed by atoms with van der Waals surface area (Å²) < 4.78 is 5.11. The summed E-state index contributed by atoms with van der Waals surface area (Å²) >= 11 is 0. The normalized spacial score (nSPS) is 15.8. The Bertz CT molecular complexity index is 667. The number of urea groups is 1. The number of imide groups is 1. The number of ether oxygens (including phenoxy) is 1. The number of phenolic OH excluding ortho intramolecular Hbond substituents is 1. The minimum absolute atomic E-state index is 0.0139. The molecule has 9 nitrogen and oxygen atoms in total. The van der Waals surface area contributed by atoms with Crippen molar-refractivity contribution < 1.29 is 24.4 Å². The number of phenols is 1. The number of rotatable bonds is 4. The van der Waals surface area contributed by atoms with Crippen LogP contribution in [0.4, 0.5) is 10.5 Å². The molecule has 0 aromatic heterocycles. The summed E-state index contributed by atoms with van der Waals surface area (Å²) in [7, 11) is 0. The van der Waals surface area contributed by atoms with Gasteiger partial charge in [-0.2, -0.15) is 0 Å². The Balaban J connectivity index is 2.52. The van der Waals surface area contributed by atoms with Gasteiger partial charge in [0.05, 0.1) is 17.6 Å². The van der Waals surface area contributed by atoms with Crippen LogP contribution in [0.25, 0.3) is 6.08 Å². The van der Waals surface area contributed by atoms with Crippen LogP contribution in [0.15, 0.2) is 17.8 Å². The lowest BCUT2D eigenvalue weighted by Crippen LogP contribution is -2.22. The molecule has 0 aliphatic carbocycles. The lowest BCUT2D eigenvalue weighted by molar-refractivity contribution is -0.385. The second kappa shape index (κ2) is 5.49. The zero-order valence-electron chi connectivity index (χ0n) is 10.9. The molecule has 0 saturated carbocycles. The quantitative estimate of drug-likeness (QED) is 0.327. The van der Waals surface area contributed by atoms with E-state index in [-0.39, 0.29) is 35.1 Å². The number of carbonyl (C=O) groups is 2. The summed E-state index contributed by atoms with van der Waals surface area (Å²) in [6.07, 6.45) is 1.13. The summed E-state index contributed by atoms with van der Waals surface area (Å²) in [5.74, 6) is -1.13.